The number of nitro groups is 1. The monoisotopic (exact) mass is 303 g/mol. The highest BCUT2D eigenvalue weighted by molar-refractivity contribution is 6.12. The Morgan fingerprint density at radius 1 is 1.14 bits per heavy atom. The van der Waals surface area contributed by atoms with Gasteiger partial charge >= 0.3 is 0 Å². The molecule has 0 atom stereocenters. The number of fused-ring (bicyclic) bond motifs is 1. The van der Waals surface area contributed by atoms with Gasteiger partial charge in [-0.05, 0) is 12.1 Å². The molecule has 0 amide bonds. The second-order valence-electron chi connectivity index (χ2n) is 4.61. The van der Waals surface area contributed by atoms with Crippen molar-refractivity contribution < 1.29 is 23.6 Å². The average molecular weight is 303 g/mol. The summed E-state index contributed by atoms with van der Waals surface area (Å²) in [6, 6.07) is 7.40. The molecule has 0 bridgehead atoms. The lowest BCUT2D eigenvalue weighted by Gasteiger charge is -2.18. The summed E-state index contributed by atoms with van der Waals surface area (Å²) in [7, 11) is 0. The van der Waals surface area contributed by atoms with Crippen molar-refractivity contribution in [1.82, 2.24) is 0 Å². The van der Waals surface area contributed by atoms with Crippen LogP contribution in [0.4, 0.5) is 10.1 Å². The number of nitrogens with zero attached hydrogens (tertiary/aromatic N) is 1. The molecule has 0 aliphatic carbocycles. The number of ketones is 1. The van der Waals surface area contributed by atoms with Crippen molar-refractivity contribution in [3.8, 4) is 11.5 Å². The summed E-state index contributed by atoms with van der Waals surface area (Å²) >= 11 is 0. The van der Waals surface area contributed by atoms with Crippen molar-refractivity contribution in [2.24, 2.45) is 0 Å². The third-order valence-corrected chi connectivity index (χ3v) is 3.19. The first-order chi connectivity index (χ1) is 10.6. The maximum Gasteiger partial charge on any atom is 0.284 e. The number of nitro benzene ring substituents is 1. The molecule has 0 fully saturated rings. The fourth-order valence-corrected chi connectivity index (χ4v) is 2.20. The van der Waals surface area contributed by atoms with Crippen LogP contribution in [-0.4, -0.2) is 23.9 Å². The summed E-state index contributed by atoms with van der Waals surface area (Å²) in [5, 5.41) is 11.2. The summed E-state index contributed by atoms with van der Waals surface area (Å²) < 4.78 is 23.9. The number of rotatable bonds is 3. The van der Waals surface area contributed by atoms with Gasteiger partial charge in [0.25, 0.3) is 5.69 Å². The topological polar surface area (TPSA) is 78.7 Å². The molecule has 22 heavy (non-hydrogen) atoms. The Kier molecular flexibility index (Phi) is 3.46. The minimum Gasteiger partial charge on any atom is -0.486 e. The molecule has 0 N–H and O–H groups in total. The van der Waals surface area contributed by atoms with Crippen LogP contribution in [0, 0.1) is 15.9 Å². The molecule has 2 aromatic carbocycles. The minimum atomic E-state index is -0.676. The number of hydrogen-bond donors (Lipinski definition) is 0. The van der Waals surface area contributed by atoms with Gasteiger partial charge in [0.15, 0.2) is 17.3 Å². The molecule has 1 heterocycles. The molecule has 0 aromatic heterocycles. The van der Waals surface area contributed by atoms with Crippen LogP contribution in [0.1, 0.15) is 15.9 Å². The maximum absolute atomic E-state index is 13.2. The highest BCUT2D eigenvalue weighted by Crippen LogP contribution is 2.37. The van der Waals surface area contributed by atoms with Crippen molar-refractivity contribution in [1.29, 1.82) is 0 Å². The van der Waals surface area contributed by atoms with Gasteiger partial charge in [-0.2, -0.15) is 0 Å². The zero-order chi connectivity index (χ0) is 15.7. The summed E-state index contributed by atoms with van der Waals surface area (Å²) in [6.45, 7) is 0.569. The van der Waals surface area contributed by atoms with Crippen LogP contribution < -0.4 is 9.47 Å². The Bertz CT molecular complexity index is 775. The second kappa shape index (κ2) is 5.44. The quantitative estimate of drug-likeness (QED) is 0.495. The molecule has 1 aliphatic rings. The highest BCUT2D eigenvalue weighted by Gasteiger charge is 2.27. The van der Waals surface area contributed by atoms with E-state index in [1.54, 1.807) is 0 Å². The minimum absolute atomic E-state index is 0.0276. The first kappa shape index (κ1) is 14.0. The Hall–Kier alpha value is -2.96. The number of carbonyl (C=O) groups is 1. The first-order valence-electron chi connectivity index (χ1n) is 6.44. The van der Waals surface area contributed by atoms with Crippen molar-refractivity contribution in [3.05, 3.63) is 63.5 Å². The van der Waals surface area contributed by atoms with Gasteiger partial charge in [-0.15, -0.1) is 0 Å². The van der Waals surface area contributed by atoms with Gasteiger partial charge in [0.2, 0.25) is 0 Å². The zero-order valence-electron chi connectivity index (χ0n) is 11.2. The normalized spacial score (nSPS) is 12.8. The lowest BCUT2D eigenvalue weighted by molar-refractivity contribution is -0.385. The molecule has 3 rings (SSSR count). The first-order valence-corrected chi connectivity index (χ1v) is 6.44. The van der Waals surface area contributed by atoms with E-state index in [0.29, 0.717) is 6.61 Å². The number of ether oxygens (including phenoxy) is 2. The molecule has 2 aromatic rings. The molecule has 0 radical (unpaired) electrons. The van der Waals surface area contributed by atoms with Crippen molar-refractivity contribution in [2.45, 2.75) is 0 Å². The van der Waals surface area contributed by atoms with Gasteiger partial charge in [0.05, 0.1) is 11.0 Å². The van der Waals surface area contributed by atoms with E-state index in [2.05, 4.69) is 0 Å². The summed E-state index contributed by atoms with van der Waals surface area (Å²) in [6.07, 6.45) is 0. The van der Waals surface area contributed by atoms with E-state index in [9.17, 15) is 19.3 Å². The Balaban J connectivity index is 2.12. The standard InChI is InChI=1S/C15H10FNO5/c16-10-3-1-2-9(6-10)15(18)11-7-13-14(22-5-4-21-13)8-12(11)17(19)20/h1-3,6-8H,4-5H2. The van der Waals surface area contributed by atoms with E-state index < -0.39 is 22.2 Å². The van der Waals surface area contributed by atoms with Crippen LogP contribution in [0.3, 0.4) is 0 Å². The van der Waals surface area contributed by atoms with Gasteiger partial charge in [0, 0.05) is 11.6 Å². The largest absolute Gasteiger partial charge is 0.486 e. The highest BCUT2D eigenvalue weighted by atomic mass is 19.1. The number of carbonyl (C=O) groups excluding carboxylic acids is 1. The third kappa shape index (κ3) is 2.48. The van der Waals surface area contributed by atoms with Crippen molar-refractivity contribution >= 4 is 11.5 Å². The smallest absolute Gasteiger partial charge is 0.284 e. The molecule has 112 valence electrons. The molecule has 0 saturated heterocycles. The summed E-state index contributed by atoms with van der Waals surface area (Å²) in [5.74, 6) is -0.764. The maximum atomic E-state index is 13.2. The molecular formula is C15H10FNO5. The lowest BCUT2D eigenvalue weighted by Crippen LogP contribution is -2.17. The number of halogens is 1. The van der Waals surface area contributed by atoms with E-state index >= 15 is 0 Å². The molecule has 0 saturated carbocycles. The van der Waals surface area contributed by atoms with Gasteiger partial charge in [-0.25, -0.2) is 4.39 Å². The molecule has 0 unspecified atom stereocenters. The van der Waals surface area contributed by atoms with Gasteiger partial charge in [-0.1, -0.05) is 12.1 Å². The third-order valence-electron chi connectivity index (χ3n) is 3.19. The van der Waals surface area contributed by atoms with Crippen LogP contribution in [0.25, 0.3) is 0 Å². The molecular weight excluding hydrogens is 293 g/mol. The van der Waals surface area contributed by atoms with Crippen LogP contribution in [0.5, 0.6) is 11.5 Å². The van der Waals surface area contributed by atoms with E-state index in [0.717, 1.165) is 12.1 Å². The zero-order valence-corrected chi connectivity index (χ0v) is 11.2. The average Bonchev–Trinajstić information content (AvgIpc) is 2.52. The molecule has 0 spiro atoms. The van der Waals surface area contributed by atoms with Crippen molar-refractivity contribution in [3.63, 3.8) is 0 Å². The number of hydrogen-bond acceptors (Lipinski definition) is 5. The molecule has 6 nitrogen and oxygen atoms in total. The predicted octanol–water partition coefficient (Wildman–Crippen LogP) is 2.74. The van der Waals surface area contributed by atoms with Gasteiger partial charge in [-0.3, -0.25) is 14.9 Å². The molecule has 1 aliphatic heterocycles. The predicted molar refractivity (Wildman–Crippen MR) is 73.9 cm³/mol. The van der Waals surface area contributed by atoms with Gasteiger partial charge in [0.1, 0.15) is 24.6 Å². The molecule has 7 heteroatoms. The van der Waals surface area contributed by atoms with Crippen LogP contribution in [0.2, 0.25) is 0 Å². The Morgan fingerprint density at radius 3 is 2.45 bits per heavy atom. The van der Waals surface area contributed by atoms with Crippen LogP contribution in [-0.2, 0) is 0 Å². The van der Waals surface area contributed by atoms with Crippen LogP contribution in [0.15, 0.2) is 36.4 Å². The SMILES string of the molecule is O=C(c1cccc(F)c1)c1cc2c(cc1[N+](=O)[O-])OCCO2. The fourth-order valence-electron chi connectivity index (χ4n) is 2.20. The Labute approximate surface area is 124 Å². The lowest BCUT2D eigenvalue weighted by atomic mass is 10.0. The van der Waals surface area contributed by atoms with Gasteiger partial charge < -0.3 is 9.47 Å². The van der Waals surface area contributed by atoms with E-state index in [1.165, 1.54) is 24.3 Å². The van der Waals surface area contributed by atoms with Crippen molar-refractivity contribution in [2.75, 3.05) is 13.2 Å². The summed E-state index contributed by atoms with van der Waals surface area (Å²) in [5.41, 5.74) is -0.543. The van der Waals surface area contributed by atoms with E-state index in [4.69, 9.17) is 9.47 Å². The number of benzene rings is 2. The second-order valence-corrected chi connectivity index (χ2v) is 4.61. The Morgan fingerprint density at radius 2 is 1.82 bits per heavy atom. The van der Waals surface area contributed by atoms with Crippen LogP contribution >= 0.6 is 0 Å². The fraction of sp³-hybridized carbons (Fsp3) is 0.133. The van der Waals surface area contributed by atoms with E-state index in [-0.39, 0.29) is 29.2 Å². The van der Waals surface area contributed by atoms with E-state index in [1.807, 2.05) is 0 Å². The summed E-state index contributed by atoms with van der Waals surface area (Å²) in [4.78, 5) is 23.0.